The number of nitrogens with zero attached hydrogens (tertiary/aromatic N) is 1. The summed E-state index contributed by atoms with van der Waals surface area (Å²) in [5, 5.41) is 6.34. The number of hydrogen-bond donors (Lipinski definition) is 2. The lowest BCUT2D eigenvalue weighted by molar-refractivity contribution is -0.124. The van der Waals surface area contributed by atoms with E-state index in [2.05, 4.69) is 27.7 Å². The molecule has 2 heterocycles. The molecule has 0 saturated carbocycles. The zero-order chi connectivity index (χ0) is 17.5. The van der Waals surface area contributed by atoms with Crippen molar-refractivity contribution in [2.45, 2.75) is 32.3 Å². The van der Waals surface area contributed by atoms with Crippen molar-refractivity contribution in [2.24, 2.45) is 0 Å². The summed E-state index contributed by atoms with van der Waals surface area (Å²) in [6, 6.07) is 6.08. The Hall–Kier alpha value is -1.63. The molecule has 1 atom stereocenters. The Kier molecular flexibility index (Phi) is 6.67. The SMILES string of the molecule is CCOc1cc(CCN2CCNCC2)ccc1NC(=O)C1CCCO1. The molecule has 2 aliphatic heterocycles. The van der Waals surface area contributed by atoms with Gasteiger partial charge in [-0.1, -0.05) is 6.07 Å². The summed E-state index contributed by atoms with van der Waals surface area (Å²) in [5.41, 5.74) is 1.96. The highest BCUT2D eigenvalue weighted by Crippen LogP contribution is 2.27. The molecule has 0 aliphatic carbocycles. The van der Waals surface area contributed by atoms with Gasteiger partial charge >= 0.3 is 0 Å². The van der Waals surface area contributed by atoms with Gasteiger partial charge in [-0.05, 0) is 43.9 Å². The highest BCUT2D eigenvalue weighted by atomic mass is 16.5. The molecule has 2 aliphatic rings. The van der Waals surface area contributed by atoms with Gasteiger partial charge in [0.15, 0.2) is 0 Å². The normalized spacial score (nSPS) is 21.2. The van der Waals surface area contributed by atoms with Crippen LogP contribution in [-0.2, 0) is 16.0 Å². The van der Waals surface area contributed by atoms with Crippen molar-refractivity contribution in [1.29, 1.82) is 0 Å². The standard InChI is InChI=1S/C19H29N3O3/c1-2-24-18-14-15(7-10-22-11-8-20-9-12-22)5-6-16(18)21-19(23)17-4-3-13-25-17/h5-6,14,17,20H,2-4,7-13H2,1H3,(H,21,23). The van der Waals surface area contributed by atoms with Crippen molar-refractivity contribution in [3.63, 3.8) is 0 Å². The maximum atomic E-state index is 12.3. The van der Waals surface area contributed by atoms with E-state index in [1.807, 2.05) is 13.0 Å². The fraction of sp³-hybridized carbons (Fsp3) is 0.632. The van der Waals surface area contributed by atoms with Crippen LogP contribution in [0.2, 0.25) is 0 Å². The van der Waals surface area contributed by atoms with E-state index in [-0.39, 0.29) is 12.0 Å². The lowest BCUT2D eigenvalue weighted by Gasteiger charge is -2.27. The Morgan fingerprint density at radius 2 is 2.24 bits per heavy atom. The fourth-order valence-corrected chi connectivity index (χ4v) is 3.32. The number of piperazine rings is 1. The first kappa shape index (κ1) is 18.2. The van der Waals surface area contributed by atoms with E-state index in [9.17, 15) is 4.79 Å². The lowest BCUT2D eigenvalue weighted by Crippen LogP contribution is -2.44. The van der Waals surface area contributed by atoms with Gasteiger partial charge in [0.05, 0.1) is 12.3 Å². The maximum Gasteiger partial charge on any atom is 0.253 e. The molecule has 2 fully saturated rings. The Morgan fingerprint density at radius 1 is 1.40 bits per heavy atom. The van der Waals surface area contributed by atoms with Crippen molar-refractivity contribution in [2.75, 3.05) is 51.3 Å². The summed E-state index contributed by atoms with van der Waals surface area (Å²) in [5.74, 6) is 0.665. The summed E-state index contributed by atoms with van der Waals surface area (Å²) in [6.07, 6.45) is 2.39. The minimum absolute atomic E-state index is 0.0768. The maximum absolute atomic E-state index is 12.3. The summed E-state index contributed by atoms with van der Waals surface area (Å²) in [4.78, 5) is 14.8. The van der Waals surface area contributed by atoms with Gasteiger partial charge in [-0.3, -0.25) is 4.79 Å². The topological polar surface area (TPSA) is 62.8 Å². The Morgan fingerprint density at radius 3 is 2.96 bits per heavy atom. The first-order chi connectivity index (χ1) is 12.3. The van der Waals surface area contributed by atoms with Crippen LogP contribution in [0.25, 0.3) is 0 Å². The monoisotopic (exact) mass is 347 g/mol. The molecule has 25 heavy (non-hydrogen) atoms. The van der Waals surface area contributed by atoms with Crippen molar-refractivity contribution < 1.29 is 14.3 Å². The van der Waals surface area contributed by atoms with Crippen LogP contribution in [0.1, 0.15) is 25.3 Å². The third-order valence-electron chi connectivity index (χ3n) is 4.75. The van der Waals surface area contributed by atoms with Crippen molar-refractivity contribution in [3.8, 4) is 5.75 Å². The van der Waals surface area contributed by atoms with Gasteiger partial charge in [0.2, 0.25) is 0 Å². The number of rotatable bonds is 7. The van der Waals surface area contributed by atoms with Gasteiger partial charge in [0, 0.05) is 39.3 Å². The molecule has 2 N–H and O–H groups in total. The second-order valence-corrected chi connectivity index (χ2v) is 6.60. The van der Waals surface area contributed by atoms with E-state index in [0.29, 0.717) is 13.2 Å². The lowest BCUT2D eigenvalue weighted by atomic mass is 10.1. The Labute approximate surface area is 149 Å². The fourth-order valence-electron chi connectivity index (χ4n) is 3.32. The molecule has 0 bridgehead atoms. The first-order valence-corrected chi connectivity index (χ1v) is 9.37. The number of anilines is 1. The van der Waals surface area contributed by atoms with Crippen LogP contribution in [0.4, 0.5) is 5.69 Å². The molecule has 1 aromatic rings. The number of amides is 1. The van der Waals surface area contributed by atoms with Gasteiger partial charge in [0.25, 0.3) is 5.91 Å². The minimum Gasteiger partial charge on any atom is -0.492 e. The quantitative estimate of drug-likeness (QED) is 0.785. The van der Waals surface area contributed by atoms with Gasteiger partial charge < -0.3 is 25.0 Å². The molecule has 6 nitrogen and oxygen atoms in total. The molecule has 0 aromatic heterocycles. The molecule has 6 heteroatoms. The second-order valence-electron chi connectivity index (χ2n) is 6.60. The van der Waals surface area contributed by atoms with E-state index in [0.717, 1.165) is 63.4 Å². The summed E-state index contributed by atoms with van der Waals surface area (Å²) < 4.78 is 11.2. The average Bonchev–Trinajstić information content (AvgIpc) is 3.18. The third-order valence-corrected chi connectivity index (χ3v) is 4.75. The van der Waals surface area contributed by atoms with E-state index in [1.165, 1.54) is 5.56 Å². The smallest absolute Gasteiger partial charge is 0.253 e. The molecule has 2 saturated heterocycles. The Bertz CT molecular complexity index is 567. The number of carbonyl (C=O) groups excluding carboxylic acids is 1. The number of ether oxygens (including phenoxy) is 2. The molecular weight excluding hydrogens is 318 g/mol. The molecule has 1 aromatic carbocycles. The molecule has 1 amide bonds. The minimum atomic E-state index is -0.332. The summed E-state index contributed by atoms with van der Waals surface area (Å²) in [6.45, 7) is 8.60. The van der Waals surface area contributed by atoms with Crippen LogP contribution >= 0.6 is 0 Å². The van der Waals surface area contributed by atoms with Crippen LogP contribution in [0.5, 0.6) is 5.75 Å². The Balaban J connectivity index is 1.61. The van der Waals surface area contributed by atoms with Crippen molar-refractivity contribution in [1.82, 2.24) is 10.2 Å². The summed E-state index contributed by atoms with van der Waals surface area (Å²) >= 11 is 0. The first-order valence-electron chi connectivity index (χ1n) is 9.37. The number of carbonyl (C=O) groups is 1. The number of benzene rings is 1. The van der Waals surface area contributed by atoms with E-state index >= 15 is 0 Å². The van der Waals surface area contributed by atoms with Crippen molar-refractivity contribution in [3.05, 3.63) is 23.8 Å². The number of hydrogen-bond acceptors (Lipinski definition) is 5. The largest absolute Gasteiger partial charge is 0.492 e. The van der Waals surface area contributed by atoms with Gasteiger partial charge in [0.1, 0.15) is 11.9 Å². The molecule has 138 valence electrons. The van der Waals surface area contributed by atoms with E-state index in [1.54, 1.807) is 0 Å². The molecule has 3 rings (SSSR count). The zero-order valence-corrected chi connectivity index (χ0v) is 15.1. The predicted octanol–water partition coefficient (Wildman–Crippen LogP) is 1.65. The third kappa shape index (κ3) is 5.17. The highest BCUT2D eigenvalue weighted by molar-refractivity contribution is 5.95. The molecular formula is C19H29N3O3. The number of nitrogens with one attached hydrogen (secondary N) is 2. The van der Waals surface area contributed by atoms with Crippen molar-refractivity contribution >= 4 is 11.6 Å². The van der Waals surface area contributed by atoms with Gasteiger partial charge in [-0.25, -0.2) is 0 Å². The van der Waals surface area contributed by atoms with Crippen LogP contribution in [0.15, 0.2) is 18.2 Å². The van der Waals surface area contributed by atoms with E-state index in [4.69, 9.17) is 9.47 Å². The summed E-state index contributed by atoms with van der Waals surface area (Å²) in [7, 11) is 0. The molecule has 0 spiro atoms. The zero-order valence-electron chi connectivity index (χ0n) is 15.1. The van der Waals surface area contributed by atoms with E-state index < -0.39 is 0 Å². The van der Waals surface area contributed by atoms with Crippen LogP contribution in [0.3, 0.4) is 0 Å². The second kappa shape index (κ2) is 9.17. The van der Waals surface area contributed by atoms with Gasteiger partial charge in [-0.15, -0.1) is 0 Å². The average molecular weight is 347 g/mol. The van der Waals surface area contributed by atoms with Crippen LogP contribution in [-0.4, -0.2) is 62.8 Å². The van der Waals surface area contributed by atoms with Crippen LogP contribution in [0, 0.1) is 0 Å². The van der Waals surface area contributed by atoms with Crippen LogP contribution < -0.4 is 15.4 Å². The van der Waals surface area contributed by atoms with Gasteiger partial charge in [-0.2, -0.15) is 0 Å². The predicted molar refractivity (Wildman–Crippen MR) is 98.2 cm³/mol. The molecule has 0 radical (unpaired) electrons. The molecule has 1 unspecified atom stereocenters. The highest BCUT2D eigenvalue weighted by Gasteiger charge is 2.24.